The molecule has 5 nitrogen and oxygen atoms in total. The Bertz CT molecular complexity index is 750. The van der Waals surface area contributed by atoms with Crippen molar-refractivity contribution in [2.45, 2.75) is 38.8 Å². The van der Waals surface area contributed by atoms with Gasteiger partial charge in [-0.25, -0.2) is 4.39 Å². The van der Waals surface area contributed by atoms with Gasteiger partial charge in [-0.15, -0.1) is 0 Å². The molecule has 0 aliphatic heterocycles. The first-order valence-electron chi connectivity index (χ1n) is 9.54. The number of nitrogens with one attached hydrogen (secondary N) is 1. The van der Waals surface area contributed by atoms with Crippen LogP contribution in [0.2, 0.25) is 0 Å². The van der Waals surface area contributed by atoms with Crippen molar-refractivity contribution in [3.63, 3.8) is 0 Å². The van der Waals surface area contributed by atoms with E-state index in [0.717, 1.165) is 5.56 Å². The second kappa shape index (κ2) is 11.2. The molecule has 1 atom stereocenters. The SMILES string of the molecule is CCCC(=O)N(Cc1ccc(F)cc1)[C@H](C(=O)NCCCO)c1ccccc1. The average molecular weight is 386 g/mol. The third-order valence-electron chi connectivity index (χ3n) is 4.36. The van der Waals surface area contributed by atoms with Gasteiger partial charge in [0.15, 0.2) is 0 Å². The second-order valence-electron chi connectivity index (χ2n) is 6.58. The fourth-order valence-corrected chi connectivity index (χ4v) is 2.96. The van der Waals surface area contributed by atoms with Gasteiger partial charge in [0.2, 0.25) is 11.8 Å². The van der Waals surface area contributed by atoms with Gasteiger partial charge >= 0.3 is 0 Å². The Morgan fingerprint density at radius 3 is 2.39 bits per heavy atom. The minimum Gasteiger partial charge on any atom is -0.396 e. The van der Waals surface area contributed by atoms with Crippen molar-refractivity contribution in [3.05, 3.63) is 71.5 Å². The normalized spacial score (nSPS) is 11.7. The fraction of sp³-hybridized carbons (Fsp3) is 0.364. The molecule has 0 aliphatic rings. The van der Waals surface area contributed by atoms with E-state index in [-0.39, 0.29) is 30.8 Å². The van der Waals surface area contributed by atoms with Crippen molar-refractivity contribution in [2.75, 3.05) is 13.2 Å². The van der Waals surface area contributed by atoms with Crippen molar-refractivity contribution < 1.29 is 19.1 Å². The quantitative estimate of drug-likeness (QED) is 0.616. The van der Waals surface area contributed by atoms with Crippen LogP contribution in [0, 0.1) is 5.82 Å². The number of carbonyl (C=O) groups is 2. The number of nitrogens with zero attached hydrogens (tertiary/aromatic N) is 1. The number of aliphatic hydroxyl groups excluding tert-OH is 1. The summed E-state index contributed by atoms with van der Waals surface area (Å²) in [6, 6.07) is 14.2. The van der Waals surface area contributed by atoms with Gasteiger partial charge in [0.1, 0.15) is 11.9 Å². The lowest BCUT2D eigenvalue weighted by Gasteiger charge is -2.31. The Morgan fingerprint density at radius 1 is 1.11 bits per heavy atom. The average Bonchev–Trinajstić information content (AvgIpc) is 2.70. The molecule has 0 bridgehead atoms. The largest absolute Gasteiger partial charge is 0.396 e. The summed E-state index contributed by atoms with van der Waals surface area (Å²) in [4.78, 5) is 27.4. The topological polar surface area (TPSA) is 69.6 Å². The highest BCUT2D eigenvalue weighted by atomic mass is 19.1. The Labute approximate surface area is 165 Å². The third-order valence-corrected chi connectivity index (χ3v) is 4.36. The number of hydrogen-bond donors (Lipinski definition) is 2. The van der Waals surface area contributed by atoms with Crippen LogP contribution in [-0.2, 0) is 16.1 Å². The number of halogens is 1. The zero-order valence-electron chi connectivity index (χ0n) is 16.1. The lowest BCUT2D eigenvalue weighted by molar-refractivity contribution is -0.141. The highest BCUT2D eigenvalue weighted by Gasteiger charge is 2.30. The number of rotatable bonds is 10. The van der Waals surface area contributed by atoms with Crippen molar-refractivity contribution in [3.8, 4) is 0 Å². The predicted molar refractivity (Wildman–Crippen MR) is 106 cm³/mol. The monoisotopic (exact) mass is 386 g/mol. The Morgan fingerprint density at radius 2 is 1.79 bits per heavy atom. The molecule has 2 amide bonds. The van der Waals surface area contributed by atoms with Crippen LogP contribution in [0.25, 0.3) is 0 Å². The highest BCUT2D eigenvalue weighted by molar-refractivity contribution is 5.88. The minimum atomic E-state index is -0.802. The zero-order chi connectivity index (χ0) is 20.4. The van der Waals surface area contributed by atoms with E-state index < -0.39 is 6.04 Å². The Kier molecular flexibility index (Phi) is 8.62. The van der Waals surface area contributed by atoms with Gasteiger partial charge in [0, 0.05) is 26.1 Å². The third kappa shape index (κ3) is 6.16. The first-order valence-corrected chi connectivity index (χ1v) is 9.54. The second-order valence-corrected chi connectivity index (χ2v) is 6.58. The lowest BCUT2D eigenvalue weighted by atomic mass is 10.0. The van der Waals surface area contributed by atoms with Crippen LogP contribution in [0.5, 0.6) is 0 Å². The van der Waals surface area contributed by atoms with E-state index in [1.54, 1.807) is 17.0 Å². The fourth-order valence-electron chi connectivity index (χ4n) is 2.96. The van der Waals surface area contributed by atoms with Crippen LogP contribution >= 0.6 is 0 Å². The van der Waals surface area contributed by atoms with E-state index >= 15 is 0 Å². The molecule has 150 valence electrons. The van der Waals surface area contributed by atoms with Crippen LogP contribution in [0.15, 0.2) is 54.6 Å². The molecule has 2 aromatic carbocycles. The van der Waals surface area contributed by atoms with Crippen LogP contribution < -0.4 is 5.32 Å². The lowest BCUT2D eigenvalue weighted by Crippen LogP contribution is -2.43. The van der Waals surface area contributed by atoms with Crippen molar-refractivity contribution >= 4 is 11.8 Å². The molecule has 2 aromatic rings. The number of amides is 2. The van der Waals surface area contributed by atoms with Crippen LogP contribution in [0.1, 0.15) is 43.4 Å². The number of carbonyl (C=O) groups excluding carboxylic acids is 2. The van der Waals surface area contributed by atoms with Crippen molar-refractivity contribution in [1.82, 2.24) is 10.2 Å². The summed E-state index contributed by atoms with van der Waals surface area (Å²) in [5.74, 6) is -0.791. The molecule has 0 fully saturated rings. The van der Waals surface area contributed by atoms with E-state index in [4.69, 9.17) is 5.11 Å². The molecule has 0 aromatic heterocycles. The van der Waals surface area contributed by atoms with E-state index in [9.17, 15) is 14.0 Å². The molecule has 2 rings (SSSR count). The summed E-state index contributed by atoms with van der Waals surface area (Å²) in [7, 11) is 0. The highest BCUT2D eigenvalue weighted by Crippen LogP contribution is 2.25. The first kappa shape index (κ1) is 21.6. The van der Waals surface area contributed by atoms with Gasteiger partial charge in [-0.2, -0.15) is 0 Å². The summed E-state index contributed by atoms with van der Waals surface area (Å²) < 4.78 is 13.3. The smallest absolute Gasteiger partial charge is 0.247 e. The number of benzene rings is 2. The van der Waals surface area contributed by atoms with Crippen LogP contribution in [-0.4, -0.2) is 35.0 Å². The Hall–Kier alpha value is -2.73. The predicted octanol–water partition coefficient (Wildman–Crippen LogP) is 3.19. The molecular formula is C22H27FN2O3. The number of aliphatic hydroxyl groups is 1. The van der Waals surface area contributed by atoms with Gasteiger partial charge < -0.3 is 15.3 Å². The molecule has 6 heteroatoms. The van der Waals surface area contributed by atoms with Crippen molar-refractivity contribution in [1.29, 1.82) is 0 Å². The van der Waals surface area contributed by atoms with Crippen LogP contribution in [0.3, 0.4) is 0 Å². The summed E-state index contributed by atoms with van der Waals surface area (Å²) in [5, 5.41) is 11.8. The first-order chi connectivity index (χ1) is 13.6. The maximum atomic E-state index is 13.3. The summed E-state index contributed by atoms with van der Waals surface area (Å²) in [6.07, 6.45) is 1.41. The van der Waals surface area contributed by atoms with Gasteiger partial charge in [0.25, 0.3) is 0 Å². The van der Waals surface area contributed by atoms with Gasteiger partial charge in [-0.05, 0) is 36.1 Å². The standard InChI is InChI=1S/C22H27FN2O3/c1-2-7-20(27)25(16-17-10-12-19(23)13-11-17)21(18-8-4-3-5-9-18)22(28)24-14-6-15-26/h3-5,8-13,21,26H,2,6-7,14-16H2,1H3,(H,24,28)/t21-/m0/s1. The van der Waals surface area contributed by atoms with E-state index in [0.29, 0.717) is 31.4 Å². The molecule has 2 N–H and O–H groups in total. The molecule has 0 radical (unpaired) electrons. The van der Waals surface area contributed by atoms with E-state index in [1.807, 2.05) is 37.3 Å². The summed E-state index contributed by atoms with van der Waals surface area (Å²) in [5.41, 5.74) is 1.45. The van der Waals surface area contributed by atoms with Crippen LogP contribution in [0.4, 0.5) is 4.39 Å². The molecule has 0 heterocycles. The molecule has 0 aliphatic carbocycles. The van der Waals surface area contributed by atoms with Gasteiger partial charge in [0.05, 0.1) is 0 Å². The molecule has 0 saturated heterocycles. The summed E-state index contributed by atoms with van der Waals surface area (Å²) in [6.45, 7) is 2.41. The van der Waals surface area contributed by atoms with Crippen molar-refractivity contribution in [2.24, 2.45) is 0 Å². The number of hydrogen-bond acceptors (Lipinski definition) is 3. The van der Waals surface area contributed by atoms with E-state index in [1.165, 1.54) is 12.1 Å². The zero-order valence-corrected chi connectivity index (χ0v) is 16.1. The maximum Gasteiger partial charge on any atom is 0.247 e. The van der Waals surface area contributed by atoms with Gasteiger partial charge in [-0.3, -0.25) is 9.59 Å². The maximum absolute atomic E-state index is 13.3. The molecule has 0 saturated carbocycles. The molecular weight excluding hydrogens is 359 g/mol. The minimum absolute atomic E-state index is 0.0235. The van der Waals surface area contributed by atoms with Gasteiger partial charge in [-0.1, -0.05) is 49.4 Å². The van der Waals surface area contributed by atoms with E-state index in [2.05, 4.69) is 5.32 Å². The summed E-state index contributed by atoms with van der Waals surface area (Å²) >= 11 is 0. The Balaban J connectivity index is 2.36. The molecule has 28 heavy (non-hydrogen) atoms. The molecule has 0 unspecified atom stereocenters. The molecule has 0 spiro atoms.